The van der Waals surface area contributed by atoms with Crippen LogP contribution in [0, 0.1) is 13.8 Å². The molecule has 0 saturated heterocycles. The highest BCUT2D eigenvalue weighted by molar-refractivity contribution is 7.88. The number of rotatable bonds is 11. The standard InChI is InChI=1S/C23H36N2O2P2/c1-5-7-15-25-29(27,23(24)10-6-2)18-28(26,21-13-8-11-19(3)16-21)22-14-9-12-20(4)17-22/h8-9,11-14,16-17,23H,5-7,10,15,18,24H2,1-4H3,(H,25,27). The summed E-state index contributed by atoms with van der Waals surface area (Å²) in [6.45, 7) is 8.75. The Kier molecular flexibility index (Phi) is 8.91. The first-order chi connectivity index (χ1) is 13.7. The summed E-state index contributed by atoms with van der Waals surface area (Å²) in [7, 11) is -6.21. The second-order valence-corrected chi connectivity index (χ2v) is 14.2. The molecular formula is C23H36N2O2P2. The lowest BCUT2D eigenvalue weighted by molar-refractivity contribution is 0.545. The van der Waals surface area contributed by atoms with Crippen LogP contribution in [-0.4, -0.2) is 18.2 Å². The summed E-state index contributed by atoms with van der Waals surface area (Å²) in [5.74, 6) is -0.412. The van der Waals surface area contributed by atoms with Crippen LogP contribution in [0.3, 0.4) is 0 Å². The SMILES string of the molecule is CCCCNP(=O)(CP(=O)(c1cccc(C)c1)c1cccc(C)c1)C(N)CCC. The van der Waals surface area contributed by atoms with Gasteiger partial charge in [0.25, 0.3) is 0 Å². The van der Waals surface area contributed by atoms with Gasteiger partial charge in [0.1, 0.15) is 0 Å². The summed E-state index contributed by atoms with van der Waals surface area (Å²) in [6, 6.07) is 15.6. The Balaban J connectivity index is 2.57. The van der Waals surface area contributed by atoms with Gasteiger partial charge in [0, 0.05) is 17.2 Å². The largest absolute Gasteiger partial charge is 0.320 e. The Morgan fingerprint density at radius 3 is 1.93 bits per heavy atom. The lowest BCUT2D eigenvalue weighted by Crippen LogP contribution is -2.32. The molecule has 3 N–H and O–H groups in total. The number of hydrogen-bond donors (Lipinski definition) is 2. The third-order valence-corrected chi connectivity index (χ3v) is 12.9. The number of benzene rings is 2. The van der Waals surface area contributed by atoms with E-state index in [4.69, 9.17) is 5.73 Å². The normalized spacial score (nSPS) is 15.1. The molecule has 0 aliphatic heterocycles. The van der Waals surface area contributed by atoms with Crippen LogP contribution in [-0.2, 0) is 9.13 Å². The molecule has 2 aromatic carbocycles. The van der Waals surface area contributed by atoms with Crippen molar-refractivity contribution in [3.63, 3.8) is 0 Å². The van der Waals surface area contributed by atoms with Crippen LogP contribution in [0.4, 0.5) is 0 Å². The molecule has 0 aliphatic rings. The minimum Gasteiger partial charge on any atom is -0.320 e. The summed E-state index contributed by atoms with van der Waals surface area (Å²) in [6.07, 6.45) is 3.42. The first-order valence-corrected chi connectivity index (χ1v) is 14.4. The minimum atomic E-state index is -3.13. The van der Waals surface area contributed by atoms with E-state index >= 15 is 0 Å². The van der Waals surface area contributed by atoms with E-state index in [1.807, 2.05) is 69.3 Å². The molecule has 0 spiro atoms. The Hall–Kier alpha value is -1.18. The van der Waals surface area contributed by atoms with Gasteiger partial charge in [0.05, 0.1) is 11.7 Å². The Bertz CT molecular complexity index is 848. The number of unbranched alkanes of at least 4 members (excludes halogenated alkanes) is 1. The first kappa shape index (κ1) is 24.1. The highest BCUT2D eigenvalue weighted by Gasteiger charge is 2.40. The van der Waals surface area contributed by atoms with Gasteiger partial charge >= 0.3 is 0 Å². The fourth-order valence-electron chi connectivity index (χ4n) is 3.54. The molecule has 160 valence electrons. The smallest absolute Gasteiger partial charge is 0.171 e. The van der Waals surface area contributed by atoms with Gasteiger partial charge in [-0.3, -0.25) is 5.09 Å². The predicted molar refractivity (Wildman–Crippen MR) is 128 cm³/mol. The molecule has 0 saturated carbocycles. The first-order valence-electron chi connectivity index (χ1n) is 10.6. The molecule has 0 radical (unpaired) electrons. The van der Waals surface area contributed by atoms with E-state index < -0.39 is 20.2 Å². The predicted octanol–water partition coefficient (Wildman–Crippen LogP) is 5.33. The van der Waals surface area contributed by atoms with E-state index in [1.165, 1.54) is 0 Å². The zero-order valence-corrected chi connectivity index (χ0v) is 20.0. The minimum absolute atomic E-state index is 0.0811. The van der Waals surface area contributed by atoms with Gasteiger partial charge < -0.3 is 14.9 Å². The van der Waals surface area contributed by atoms with E-state index in [1.54, 1.807) is 0 Å². The van der Waals surface area contributed by atoms with Crippen molar-refractivity contribution in [2.45, 2.75) is 59.2 Å². The van der Waals surface area contributed by atoms with Crippen LogP contribution in [0.5, 0.6) is 0 Å². The molecule has 6 heteroatoms. The van der Waals surface area contributed by atoms with Gasteiger partial charge in [-0.25, -0.2) is 0 Å². The zero-order chi connectivity index (χ0) is 21.5. The topological polar surface area (TPSA) is 72.2 Å². The van der Waals surface area contributed by atoms with Gasteiger partial charge in [0.15, 0.2) is 14.4 Å². The monoisotopic (exact) mass is 434 g/mol. The Labute approximate surface area is 176 Å². The fourth-order valence-corrected chi connectivity index (χ4v) is 11.7. The van der Waals surface area contributed by atoms with Crippen molar-refractivity contribution < 1.29 is 9.13 Å². The molecule has 0 heterocycles. The molecule has 2 atom stereocenters. The Morgan fingerprint density at radius 2 is 1.48 bits per heavy atom. The van der Waals surface area contributed by atoms with E-state index in [-0.39, 0.29) is 5.90 Å². The number of hydrogen-bond acceptors (Lipinski definition) is 3. The van der Waals surface area contributed by atoms with Crippen molar-refractivity contribution >= 4 is 25.0 Å². The van der Waals surface area contributed by atoms with Crippen molar-refractivity contribution in [3.05, 3.63) is 59.7 Å². The number of nitrogens with two attached hydrogens (primary N) is 1. The van der Waals surface area contributed by atoms with Crippen LogP contribution in [0.1, 0.15) is 50.7 Å². The lowest BCUT2D eigenvalue weighted by Gasteiger charge is -2.30. The number of nitrogens with one attached hydrogen (secondary N) is 1. The van der Waals surface area contributed by atoms with Crippen molar-refractivity contribution in [1.82, 2.24) is 5.09 Å². The van der Waals surface area contributed by atoms with Crippen LogP contribution in [0.25, 0.3) is 0 Å². The lowest BCUT2D eigenvalue weighted by atomic mass is 10.2. The van der Waals surface area contributed by atoms with E-state index in [9.17, 15) is 9.13 Å². The van der Waals surface area contributed by atoms with E-state index in [0.717, 1.165) is 41.0 Å². The quantitative estimate of drug-likeness (QED) is 0.371. The van der Waals surface area contributed by atoms with E-state index in [0.29, 0.717) is 13.0 Å². The summed E-state index contributed by atoms with van der Waals surface area (Å²) in [4.78, 5) is 0. The maximum atomic E-state index is 14.6. The second-order valence-electron chi connectivity index (χ2n) is 7.97. The second kappa shape index (κ2) is 10.7. The fraction of sp³-hybridized carbons (Fsp3) is 0.478. The molecule has 2 unspecified atom stereocenters. The van der Waals surface area contributed by atoms with E-state index in [2.05, 4.69) is 12.0 Å². The van der Waals surface area contributed by atoms with Gasteiger partial charge in [-0.1, -0.05) is 74.2 Å². The summed E-state index contributed by atoms with van der Waals surface area (Å²) in [5.41, 5.74) is 8.51. The molecule has 0 amide bonds. The molecule has 2 aromatic rings. The molecular weight excluding hydrogens is 398 g/mol. The van der Waals surface area contributed by atoms with Crippen molar-refractivity contribution in [2.24, 2.45) is 5.73 Å². The van der Waals surface area contributed by atoms with Crippen molar-refractivity contribution in [2.75, 3.05) is 12.4 Å². The third-order valence-electron chi connectivity index (χ3n) is 5.28. The molecule has 4 nitrogen and oxygen atoms in total. The van der Waals surface area contributed by atoms with Gasteiger partial charge in [-0.15, -0.1) is 0 Å². The Morgan fingerprint density at radius 1 is 0.931 bits per heavy atom. The highest BCUT2D eigenvalue weighted by atomic mass is 31.2. The van der Waals surface area contributed by atoms with Gasteiger partial charge in [-0.2, -0.15) is 0 Å². The van der Waals surface area contributed by atoms with Crippen LogP contribution in [0.2, 0.25) is 0 Å². The maximum absolute atomic E-state index is 14.6. The average molecular weight is 435 g/mol. The van der Waals surface area contributed by atoms with Crippen LogP contribution in [0.15, 0.2) is 48.5 Å². The highest BCUT2D eigenvalue weighted by Crippen LogP contribution is 2.60. The van der Waals surface area contributed by atoms with Gasteiger partial charge in [0.2, 0.25) is 0 Å². The molecule has 0 bridgehead atoms. The summed E-state index contributed by atoms with van der Waals surface area (Å²) < 4.78 is 28.7. The van der Waals surface area contributed by atoms with Crippen molar-refractivity contribution in [3.8, 4) is 0 Å². The van der Waals surface area contributed by atoms with Crippen LogP contribution < -0.4 is 21.4 Å². The van der Waals surface area contributed by atoms with Crippen molar-refractivity contribution in [1.29, 1.82) is 0 Å². The number of aryl methyl sites for hydroxylation is 2. The van der Waals surface area contributed by atoms with Crippen LogP contribution >= 0.6 is 14.4 Å². The summed E-state index contributed by atoms with van der Waals surface area (Å²) in [5, 5.41) is 4.77. The molecule has 0 fully saturated rings. The maximum Gasteiger partial charge on any atom is 0.171 e. The third kappa shape index (κ3) is 6.15. The molecule has 29 heavy (non-hydrogen) atoms. The zero-order valence-electron chi connectivity index (χ0n) is 18.2. The molecule has 0 aliphatic carbocycles. The molecule has 2 rings (SSSR count). The average Bonchev–Trinajstić information content (AvgIpc) is 2.68. The summed E-state index contributed by atoms with van der Waals surface area (Å²) >= 11 is 0. The molecule has 0 aromatic heterocycles. The van der Waals surface area contributed by atoms with Gasteiger partial charge in [-0.05, 0) is 38.8 Å².